The topological polar surface area (TPSA) is 17.1 Å². The van der Waals surface area contributed by atoms with E-state index in [0.29, 0.717) is 12.8 Å². The zero-order valence-electron chi connectivity index (χ0n) is 11.6. The number of aryl methyl sites for hydroxylation is 2. The molecular formula is C18H20O. The minimum atomic E-state index is 0.276. The summed E-state index contributed by atoms with van der Waals surface area (Å²) in [4.78, 5) is 12.1. The minimum Gasteiger partial charge on any atom is -0.299 e. The van der Waals surface area contributed by atoms with E-state index in [4.69, 9.17) is 0 Å². The number of benzene rings is 2. The molecule has 19 heavy (non-hydrogen) atoms. The summed E-state index contributed by atoms with van der Waals surface area (Å²) in [6, 6.07) is 16.4. The fourth-order valence-corrected chi connectivity index (χ4v) is 2.20. The Morgan fingerprint density at radius 2 is 1.53 bits per heavy atom. The van der Waals surface area contributed by atoms with E-state index >= 15 is 0 Å². The Morgan fingerprint density at radius 1 is 0.895 bits per heavy atom. The first kappa shape index (κ1) is 13.5. The van der Waals surface area contributed by atoms with Gasteiger partial charge in [0.25, 0.3) is 0 Å². The molecule has 0 heterocycles. The Labute approximate surface area is 115 Å². The van der Waals surface area contributed by atoms with Crippen LogP contribution in [0.15, 0.2) is 48.5 Å². The first-order valence-corrected chi connectivity index (χ1v) is 6.83. The number of carbonyl (C=O) groups is 1. The summed E-state index contributed by atoms with van der Waals surface area (Å²) < 4.78 is 0. The molecule has 0 unspecified atom stereocenters. The minimum absolute atomic E-state index is 0.276. The molecule has 0 aliphatic carbocycles. The van der Waals surface area contributed by atoms with Crippen molar-refractivity contribution >= 4 is 5.78 Å². The standard InChI is InChI=1S/C18H20O/c1-3-15-8-10-16(11-9-15)12-18(19)13-17-7-5-4-6-14(17)2/h4-11H,3,12-13H2,1-2H3. The predicted octanol–water partition coefficient (Wildman–Crippen LogP) is 3.91. The molecule has 0 amide bonds. The highest BCUT2D eigenvalue weighted by molar-refractivity contribution is 5.83. The lowest BCUT2D eigenvalue weighted by molar-refractivity contribution is -0.117. The zero-order chi connectivity index (χ0) is 13.7. The first-order valence-electron chi connectivity index (χ1n) is 6.83. The summed E-state index contributed by atoms with van der Waals surface area (Å²) in [6.45, 7) is 4.19. The van der Waals surface area contributed by atoms with Gasteiger partial charge in [-0.25, -0.2) is 0 Å². The van der Waals surface area contributed by atoms with Crippen molar-refractivity contribution in [1.29, 1.82) is 0 Å². The third-order valence-electron chi connectivity index (χ3n) is 3.48. The molecule has 0 spiro atoms. The molecule has 0 fully saturated rings. The highest BCUT2D eigenvalue weighted by atomic mass is 16.1. The van der Waals surface area contributed by atoms with Crippen LogP contribution in [0.4, 0.5) is 0 Å². The van der Waals surface area contributed by atoms with Gasteiger partial charge in [0, 0.05) is 12.8 Å². The highest BCUT2D eigenvalue weighted by Gasteiger charge is 2.07. The average molecular weight is 252 g/mol. The molecule has 0 aliphatic rings. The van der Waals surface area contributed by atoms with Crippen LogP contribution in [0.5, 0.6) is 0 Å². The van der Waals surface area contributed by atoms with E-state index in [1.165, 1.54) is 11.1 Å². The van der Waals surface area contributed by atoms with Gasteiger partial charge in [-0.2, -0.15) is 0 Å². The molecular weight excluding hydrogens is 232 g/mol. The average Bonchev–Trinajstić information content (AvgIpc) is 2.42. The molecule has 0 N–H and O–H groups in total. The van der Waals surface area contributed by atoms with Crippen LogP contribution in [0.3, 0.4) is 0 Å². The summed E-state index contributed by atoms with van der Waals surface area (Å²) in [7, 11) is 0. The first-order chi connectivity index (χ1) is 9.19. The molecule has 0 radical (unpaired) electrons. The fraction of sp³-hybridized carbons (Fsp3) is 0.278. The molecule has 0 aromatic heterocycles. The van der Waals surface area contributed by atoms with Crippen molar-refractivity contribution in [3.05, 3.63) is 70.8 Å². The van der Waals surface area contributed by atoms with Crippen molar-refractivity contribution < 1.29 is 4.79 Å². The number of hydrogen-bond donors (Lipinski definition) is 0. The smallest absolute Gasteiger partial charge is 0.141 e. The second-order valence-corrected chi connectivity index (χ2v) is 4.99. The largest absolute Gasteiger partial charge is 0.299 e. The molecule has 0 bridgehead atoms. The van der Waals surface area contributed by atoms with Crippen molar-refractivity contribution in [3.8, 4) is 0 Å². The zero-order valence-corrected chi connectivity index (χ0v) is 11.6. The van der Waals surface area contributed by atoms with Gasteiger partial charge in [0.05, 0.1) is 0 Å². The quantitative estimate of drug-likeness (QED) is 0.788. The van der Waals surface area contributed by atoms with Crippen LogP contribution in [0.2, 0.25) is 0 Å². The van der Waals surface area contributed by atoms with Gasteiger partial charge >= 0.3 is 0 Å². The van der Waals surface area contributed by atoms with Crippen molar-refractivity contribution in [2.45, 2.75) is 33.1 Å². The van der Waals surface area contributed by atoms with E-state index in [-0.39, 0.29) is 5.78 Å². The van der Waals surface area contributed by atoms with Crippen LogP contribution < -0.4 is 0 Å². The Bertz CT molecular complexity index is 552. The molecule has 2 rings (SSSR count). The maximum Gasteiger partial charge on any atom is 0.141 e. The van der Waals surface area contributed by atoms with E-state index in [2.05, 4.69) is 44.2 Å². The Balaban J connectivity index is 1.99. The number of ketones is 1. The SMILES string of the molecule is CCc1ccc(CC(=O)Cc2ccccc2C)cc1. The Morgan fingerprint density at radius 3 is 2.16 bits per heavy atom. The van der Waals surface area contributed by atoms with Gasteiger partial charge in [0.2, 0.25) is 0 Å². The van der Waals surface area contributed by atoms with Crippen molar-refractivity contribution in [2.24, 2.45) is 0 Å². The summed E-state index contributed by atoms with van der Waals surface area (Å²) in [5.41, 5.74) is 4.75. The van der Waals surface area contributed by atoms with Gasteiger partial charge in [0.1, 0.15) is 5.78 Å². The molecule has 2 aromatic carbocycles. The lowest BCUT2D eigenvalue weighted by Gasteiger charge is -2.05. The maximum absolute atomic E-state index is 12.1. The van der Waals surface area contributed by atoms with Gasteiger partial charge in [-0.1, -0.05) is 55.5 Å². The van der Waals surface area contributed by atoms with Crippen LogP contribution in [0, 0.1) is 6.92 Å². The summed E-state index contributed by atoms with van der Waals surface area (Å²) >= 11 is 0. The molecule has 0 saturated heterocycles. The van der Waals surface area contributed by atoms with Gasteiger partial charge in [0.15, 0.2) is 0 Å². The third-order valence-corrected chi connectivity index (χ3v) is 3.48. The van der Waals surface area contributed by atoms with E-state index in [0.717, 1.165) is 17.5 Å². The van der Waals surface area contributed by atoms with Gasteiger partial charge in [-0.05, 0) is 35.6 Å². The van der Waals surface area contributed by atoms with E-state index in [1.807, 2.05) is 18.2 Å². The molecule has 2 aromatic rings. The number of rotatable bonds is 5. The molecule has 0 aliphatic heterocycles. The Hall–Kier alpha value is -1.89. The van der Waals surface area contributed by atoms with Crippen LogP contribution in [0.1, 0.15) is 29.2 Å². The highest BCUT2D eigenvalue weighted by Crippen LogP contribution is 2.11. The molecule has 98 valence electrons. The molecule has 0 atom stereocenters. The molecule has 0 saturated carbocycles. The number of carbonyl (C=O) groups excluding carboxylic acids is 1. The summed E-state index contributed by atoms with van der Waals surface area (Å²) in [6.07, 6.45) is 2.10. The van der Waals surface area contributed by atoms with Crippen molar-refractivity contribution in [1.82, 2.24) is 0 Å². The maximum atomic E-state index is 12.1. The van der Waals surface area contributed by atoms with E-state index in [1.54, 1.807) is 0 Å². The van der Waals surface area contributed by atoms with Crippen molar-refractivity contribution in [2.75, 3.05) is 0 Å². The van der Waals surface area contributed by atoms with Crippen molar-refractivity contribution in [3.63, 3.8) is 0 Å². The summed E-state index contributed by atoms with van der Waals surface area (Å²) in [5, 5.41) is 0. The van der Waals surface area contributed by atoms with E-state index < -0.39 is 0 Å². The van der Waals surface area contributed by atoms with Gasteiger partial charge < -0.3 is 0 Å². The molecule has 1 nitrogen and oxygen atoms in total. The van der Waals surface area contributed by atoms with Crippen LogP contribution in [-0.4, -0.2) is 5.78 Å². The Kier molecular flexibility index (Phi) is 4.51. The van der Waals surface area contributed by atoms with E-state index in [9.17, 15) is 4.79 Å². The van der Waals surface area contributed by atoms with Crippen LogP contribution in [0.25, 0.3) is 0 Å². The number of Topliss-reactive ketones (excluding diaryl/α,β-unsaturated/α-hetero) is 1. The monoisotopic (exact) mass is 252 g/mol. The van der Waals surface area contributed by atoms with Gasteiger partial charge in [-0.3, -0.25) is 4.79 Å². The predicted molar refractivity (Wildman–Crippen MR) is 79.4 cm³/mol. The molecule has 1 heteroatoms. The van der Waals surface area contributed by atoms with Crippen LogP contribution >= 0.6 is 0 Å². The summed E-state index contributed by atoms with van der Waals surface area (Å²) in [5.74, 6) is 0.276. The second kappa shape index (κ2) is 6.33. The lowest BCUT2D eigenvalue weighted by atomic mass is 9.99. The number of hydrogen-bond acceptors (Lipinski definition) is 1. The lowest BCUT2D eigenvalue weighted by Crippen LogP contribution is -2.07. The third kappa shape index (κ3) is 3.78. The fourth-order valence-electron chi connectivity index (χ4n) is 2.20. The van der Waals surface area contributed by atoms with Gasteiger partial charge in [-0.15, -0.1) is 0 Å². The second-order valence-electron chi connectivity index (χ2n) is 4.99. The normalized spacial score (nSPS) is 10.4. The van der Waals surface area contributed by atoms with Crippen LogP contribution in [-0.2, 0) is 24.1 Å².